The lowest BCUT2D eigenvalue weighted by Gasteiger charge is -2.17. The molecule has 1 aromatic carbocycles. The van der Waals surface area contributed by atoms with Crippen LogP contribution in [0, 0.1) is 5.82 Å². The SMILES string of the molecule is CCN(N)c1ccc(F)cc1N. The molecule has 0 aliphatic heterocycles. The maximum absolute atomic E-state index is 12.6. The summed E-state index contributed by atoms with van der Waals surface area (Å²) < 4.78 is 12.6. The van der Waals surface area contributed by atoms with E-state index in [1.807, 2.05) is 6.92 Å². The van der Waals surface area contributed by atoms with Crippen LogP contribution in [0.3, 0.4) is 0 Å². The van der Waals surface area contributed by atoms with Crippen molar-refractivity contribution in [2.75, 3.05) is 17.3 Å². The molecule has 0 bridgehead atoms. The van der Waals surface area contributed by atoms with E-state index in [2.05, 4.69) is 0 Å². The smallest absolute Gasteiger partial charge is 0.125 e. The van der Waals surface area contributed by atoms with Crippen LogP contribution in [-0.4, -0.2) is 6.54 Å². The van der Waals surface area contributed by atoms with Crippen molar-refractivity contribution in [2.45, 2.75) is 6.92 Å². The van der Waals surface area contributed by atoms with E-state index in [9.17, 15) is 4.39 Å². The van der Waals surface area contributed by atoms with Gasteiger partial charge >= 0.3 is 0 Å². The summed E-state index contributed by atoms with van der Waals surface area (Å²) in [5, 5.41) is 1.47. The maximum Gasteiger partial charge on any atom is 0.125 e. The number of benzene rings is 1. The lowest BCUT2D eigenvalue weighted by Crippen LogP contribution is -2.30. The second-order valence-corrected chi connectivity index (χ2v) is 2.49. The lowest BCUT2D eigenvalue weighted by atomic mass is 10.2. The molecule has 66 valence electrons. The zero-order valence-electron chi connectivity index (χ0n) is 6.92. The molecule has 0 radical (unpaired) electrons. The van der Waals surface area contributed by atoms with Crippen LogP contribution in [-0.2, 0) is 0 Å². The van der Waals surface area contributed by atoms with Gasteiger partial charge in [0, 0.05) is 6.54 Å². The zero-order chi connectivity index (χ0) is 9.14. The van der Waals surface area contributed by atoms with Crippen molar-refractivity contribution in [2.24, 2.45) is 5.84 Å². The fourth-order valence-corrected chi connectivity index (χ4v) is 0.957. The van der Waals surface area contributed by atoms with Crippen molar-refractivity contribution in [3.63, 3.8) is 0 Å². The molecule has 0 aliphatic rings. The summed E-state index contributed by atoms with van der Waals surface area (Å²) >= 11 is 0. The molecule has 0 unspecified atom stereocenters. The van der Waals surface area contributed by atoms with E-state index in [0.29, 0.717) is 17.9 Å². The predicted molar refractivity (Wildman–Crippen MR) is 48.0 cm³/mol. The minimum atomic E-state index is -0.347. The van der Waals surface area contributed by atoms with Gasteiger partial charge in [0.15, 0.2) is 0 Å². The van der Waals surface area contributed by atoms with Crippen LogP contribution < -0.4 is 16.6 Å². The molecule has 1 rings (SSSR count). The van der Waals surface area contributed by atoms with Gasteiger partial charge in [-0.25, -0.2) is 10.2 Å². The standard InChI is InChI=1S/C8H12FN3/c1-2-12(11)8-4-3-6(9)5-7(8)10/h3-5H,2,10-11H2,1H3. The summed E-state index contributed by atoms with van der Waals surface area (Å²) in [5.41, 5.74) is 6.55. The first-order valence-corrected chi connectivity index (χ1v) is 3.72. The van der Waals surface area contributed by atoms with Gasteiger partial charge in [-0.2, -0.15) is 0 Å². The molecule has 0 spiro atoms. The Morgan fingerprint density at radius 3 is 2.67 bits per heavy atom. The third-order valence-corrected chi connectivity index (χ3v) is 1.64. The Hall–Kier alpha value is -1.29. The van der Waals surface area contributed by atoms with Gasteiger partial charge in [-0.1, -0.05) is 0 Å². The molecule has 0 heterocycles. The van der Waals surface area contributed by atoms with Crippen molar-refractivity contribution in [1.29, 1.82) is 0 Å². The lowest BCUT2D eigenvalue weighted by molar-refractivity contribution is 0.628. The quantitative estimate of drug-likeness (QED) is 0.396. The molecular weight excluding hydrogens is 157 g/mol. The van der Waals surface area contributed by atoms with E-state index >= 15 is 0 Å². The average molecular weight is 169 g/mol. The first kappa shape index (κ1) is 8.80. The van der Waals surface area contributed by atoms with Crippen molar-refractivity contribution in [3.8, 4) is 0 Å². The van der Waals surface area contributed by atoms with Crippen LogP contribution in [0.5, 0.6) is 0 Å². The number of hydrogen-bond donors (Lipinski definition) is 2. The minimum Gasteiger partial charge on any atom is -0.397 e. The van der Waals surface area contributed by atoms with Gasteiger partial charge < -0.3 is 10.7 Å². The summed E-state index contributed by atoms with van der Waals surface area (Å²) in [7, 11) is 0. The molecule has 0 saturated heterocycles. The minimum absolute atomic E-state index is 0.347. The highest BCUT2D eigenvalue weighted by atomic mass is 19.1. The van der Waals surface area contributed by atoms with Gasteiger partial charge in [-0.15, -0.1) is 0 Å². The molecule has 0 aliphatic carbocycles. The molecule has 0 fully saturated rings. The fraction of sp³-hybridized carbons (Fsp3) is 0.250. The monoisotopic (exact) mass is 169 g/mol. The molecule has 4 N–H and O–H groups in total. The number of anilines is 2. The molecule has 1 aromatic rings. The summed E-state index contributed by atoms with van der Waals surface area (Å²) in [6.45, 7) is 2.53. The maximum atomic E-state index is 12.6. The normalized spacial score (nSPS) is 9.92. The Balaban J connectivity index is 3.01. The molecule has 0 atom stereocenters. The highest BCUT2D eigenvalue weighted by Gasteiger charge is 2.03. The van der Waals surface area contributed by atoms with Gasteiger partial charge in [0.2, 0.25) is 0 Å². The van der Waals surface area contributed by atoms with Crippen LogP contribution in [0.15, 0.2) is 18.2 Å². The van der Waals surface area contributed by atoms with Crippen molar-refractivity contribution < 1.29 is 4.39 Å². The molecule has 0 saturated carbocycles. The van der Waals surface area contributed by atoms with Crippen LogP contribution in [0.2, 0.25) is 0 Å². The number of nitrogens with zero attached hydrogens (tertiary/aromatic N) is 1. The fourth-order valence-electron chi connectivity index (χ4n) is 0.957. The second-order valence-electron chi connectivity index (χ2n) is 2.49. The first-order chi connectivity index (χ1) is 5.65. The largest absolute Gasteiger partial charge is 0.397 e. The van der Waals surface area contributed by atoms with Crippen LogP contribution in [0.1, 0.15) is 6.92 Å². The van der Waals surface area contributed by atoms with E-state index in [1.54, 1.807) is 6.07 Å². The second kappa shape index (κ2) is 3.40. The first-order valence-electron chi connectivity index (χ1n) is 3.72. The van der Waals surface area contributed by atoms with Crippen molar-refractivity contribution in [3.05, 3.63) is 24.0 Å². The van der Waals surface area contributed by atoms with E-state index in [4.69, 9.17) is 11.6 Å². The Labute approximate surface area is 70.7 Å². The molecule has 4 heteroatoms. The van der Waals surface area contributed by atoms with Gasteiger partial charge in [0.25, 0.3) is 0 Å². The Bertz CT molecular complexity index is 275. The van der Waals surface area contributed by atoms with E-state index < -0.39 is 0 Å². The van der Waals surface area contributed by atoms with Crippen LogP contribution in [0.25, 0.3) is 0 Å². The molecule has 0 amide bonds. The highest BCUT2D eigenvalue weighted by molar-refractivity contribution is 5.66. The summed E-state index contributed by atoms with van der Waals surface area (Å²) in [6, 6.07) is 4.15. The number of hydrogen-bond acceptors (Lipinski definition) is 3. The Kier molecular flexibility index (Phi) is 2.50. The van der Waals surface area contributed by atoms with Crippen molar-refractivity contribution in [1.82, 2.24) is 0 Å². The van der Waals surface area contributed by atoms with Crippen LogP contribution in [0.4, 0.5) is 15.8 Å². The third kappa shape index (κ3) is 1.65. The molecular formula is C8H12FN3. The number of nitrogens with two attached hydrogens (primary N) is 2. The third-order valence-electron chi connectivity index (χ3n) is 1.64. The Morgan fingerprint density at radius 1 is 1.50 bits per heavy atom. The highest BCUT2D eigenvalue weighted by Crippen LogP contribution is 2.21. The van der Waals surface area contributed by atoms with Gasteiger partial charge in [0.1, 0.15) is 5.82 Å². The van der Waals surface area contributed by atoms with E-state index in [0.717, 1.165) is 0 Å². The Morgan fingerprint density at radius 2 is 2.17 bits per heavy atom. The number of nitrogen functional groups attached to an aromatic ring is 1. The number of halogens is 1. The molecule has 3 nitrogen and oxygen atoms in total. The topological polar surface area (TPSA) is 55.3 Å². The summed E-state index contributed by atoms with van der Waals surface area (Å²) in [4.78, 5) is 0. The van der Waals surface area contributed by atoms with Gasteiger partial charge in [-0.05, 0) is 25.1 Å². The molecule has 0 aromatic heterocycles. The average Bonchev–Trinajstić information content (AvgIpc) is 2.03. The summed E-state index contributed by atoms with van der Waals surface area (Å²) in [6.07, 6.45) is 0. The van der Waals surface area contributed by atoms with Gasteiger partial charge in [0.05, 0.1) is 11.4 Å². The summed E-state index contributed by atoms with van der Waals surface area (Å²) in [5.74, 6) is 5.23. The number of hydrazine groups is 1. The number of rotatable bonds is 2. The van der Waals surface area contributed by atoms with Gasteiger partial charge in [-0.3, -0.25) is 0 Å². The van der Waals surface area contributed by atoms with Crippen molar-refractivity contribution >= 4 is 11.4 Å². The zero-order valence-corrected chi connectivity index (χ0v) is 6.92. The van der Waals surface area contributed by atoms with Crippen LogP contribution >= 0.6 is 0 Å². The predicted octanol–water partition coefficient (Wildman–Crippen LogP) is 1.11. The van der Waals surface area contributed by atoms with E-state index in [1.165, 1.54) is 17.1 Å². The molecule has 12 heavy (non-hydrogen) atoms. The van der Waals surface area contributed by atoms with E-state index in [-0.39, 0.29) is 5.82 Å².